The molecular formula is C13H21NO4. The molecule has 0 aromatic heterocycles. The van der Waals surface area contributed by atoms with Crippen molar-refractivity contribution >= 4 is 11.9 Å². The van der Waals surface area contributed by atoms with Gasteiger partial charge < -0.3 is 14.7 Å². The Kier molecular flexibility index (Phi) is 4.22. The third-order valence-corrected chi connectivity index (χ3v) is 3.87. The van der Waals surface area contributed by atoms with Gasteiger partial charge in [0.25, 0.3) is 5.91 Å². The highest BCUT2D eigenvalue weighted by Crippen LogP contribution is 2.36. The van der Waals surface area contributed by atoms with Crippen LogP contribution in [0.1, 0.15) is 38.5 Å². The summed E-state index contributed by atoms with van der Waals surface area (Å²) in [4.78, 5) is 25.0. The van der Waals surface area contributed by atoms with Crippen LogP contribution in [-0.2, 0) is 14.3 Å². The molecule has 1 aliphatic carbocycles. The molecule has 2 unspecified atom stereocenters. The van der Waals surface area contributed by atoms with Gasteiger partial charge in [0.15, 0.2) is 0 Å². The molecule has 2 rings (SSSR count). The lowest BCUT2D eigenvalue weighted by Gasteiger charge is -2.37. The summed E-state index contributed by atoms with van der Waals surface area (Å²) in [5.41, 5.74) is 0. The van der Waals surface area contributed by atoms with E-state index in [0.29, 0.717) is 12.5 Å². The quantitative estimate of drug-likeness (QED) is 0.803. The third-order valence-electron chi connectivity index (χ3n) is 3.87. The number of carbonyl (C=O) groups is 2. The van der Waals surface area contributed by atoms with E-state index in [-0.39, 0.29) is 24.5 Å². The second-order valence-corrected chi connectivity index (χ2v) is 5.27. The van der Waals surface area contributed by atoms with Crippen molar-refractivity contribution in [3.05, 3.63) is 0 Å². The number of ether oxygens (including phenoxy) is 1. The summed E-state index contributed by atoms with van der Waals surface area (Å²) in [6, 6.07) is -0.153. The lowest BCUT2D eigenvalue weighted by Crippen LogP contribution is -2.49. The largest absolute Gasteiger partial charge is 0.481 e. The Morgan fingerprint density at radius 2 is 2.06 bits per heavy atom. The van der Waals surface area contributed by atoms with Gasteiger partial charge in [-0.1, -0.05) is 0 Å². The first-order chi connectivity index (χ1) is 8.63. The Morgan fingerprint density at radius 1 is 1.33 bits per heavy atom. The van der Waals surface area contributed by atoms with Gasteiger partial charge in [0.05, 0.1) is 6.42 Å². The van der Waals surface area contributed by atoms with Gasteiger partial charge in [0.2, 0.25) is 0 Å². The molecule has 1 saturated carbocycles. The number of methoxy groups -OCH3 is 1. The van der Waals surface area contributed by atoms with Crippen LogP contribution in [0.4, 0.5) is 0 Å². The first-order valence-electron chi connectivity index (χ1n) is 6.68. The van der Waals surface area contributed by atoms with Crippen molar-refractivity contribution in [3.8, 4) is 0 Å². The molecule has 1 aliphatic heterocycles. The summed E-state index contributed by atoms with van der Waals surface area (Å²) >= 11 is 0. The normalized spacial score (nSPS) is 25.8. The molecule has 0 spiro atoms. The van der Waals surface area contributed by atoms with Crippen LogP contribution in [0.15, 0.2) is 0 Å². The van der Waals surface area contributed by atoms with Crippen LogP contribution in [-0.4, -0.2) is 47.7 Å². The molecule has 1 N–H and O–H groups in total. The summed E-state index contributed by atoms with van der Waals surface area (Å²) in [5, 5.41) is 8.91. The Balaban J connectivity index is 2.02. The van der Waals surface area contributed by atoms with E-state index < -0.39 is 5.97 Å². The zero-order valence-corrected chi connectivity index (χ0v) is 10.8. The van der Waals surface area contributed by atoms with Crippen LogP contribution in [0.25, 0.3) is 0 Å². The molecule has 1 heterocycles. The molecule has 1 saturated heterocycles. The Labute approximate surface area is 107 Å². The summed E-state index contributed by atoms with van der Waals surface area (Å²) in [7, 11) is 1.57. The van der Waals surface area contributed by atoms with Gasteiger partial charge in [-0.2, -0.15) is 0 Å². The summed E-state index contributed by atoms with van der Waals surface area (Å²) in [6.07, 6.45) is 4.53. The van der Waals surface area contributed by atoms with Crippen molar-refractivity contribution in [1.29, 1.82) is 0 Å². The molecular weight excluding hydrogens is 234 g/mol. The van der Waals surface area contributed by atoms with E-state index in [4.69, 9.17) is 9.84 Å². The van der Waals surface area contributed by atoms with Crippen LogP contribution in [0.3, 0.4) is 0 Å². The van der Waals surface area contributed by atoms with E-state index >= 15 is 0 Å². The fourth-order valence-corrected chi connectivity index (χ4v) is 2.76. The molecule has 102 valence electrons. The van der Waals surface area contributed by atoms with Crippen LogP contribution in [0, 0.1) is 5.92 Å². The number of carboxylic acids is 1. The predicted molar refractivity (Wildman–Crippen MR) is 65.1 cm³/mol. The maximum atomic E-state index is 12.4. The Morgan fingerprint density at radius 3 is 2.61 bits per heavy atom. The molecule has 1 amide bonds. The van der Waals surface area contributed by atoms with E-state index in [2.05, 4.69) is 0 Å². The van der Waals surface area contributed by atoms with Crippen molar-refractivity contribution in [2.75, 3.05) is 13.7 Å². The maximum absolute atomic E-state index is 12.4. The van der Waals surface area contributed by atoms with E-state index in [1.807, 2.05) is 0 Å². The molecule has 2 atom stereocenters. The molecule has 5 nitrogen and oxygen atoms in total. The highest BCUT2D eigenvalue weighted by molar-refractivity contribution is 5.82. The minimum absolute atomic E-state index is 0.00838. The van der Waals surface area contributed by atoms with Crippen molar-refractivity contribution in [1.82, 2.24) is 4.90 Å². The van der Waals surface area contributed by atoms with E-state index in [0.717, 1.165) is 32.1 Å². The van der Waals surface area contributed by atoms with Gasteiger partial charge in [-0.3, -0.25) is 9.59 Å². The van der Waals surface area contributed by atoms with Gasteiger partial charge in [-0.25, -0.2) is 0 Å². The fourth-order valence-electron chi connectivity index (χ4n) is 2.76. The van der Waals surface area contributed by atoms with Crippen LogP contribution in [0.2, 0.25) is 0 Å². The molecule has 0 bridgehead atoms. The number of rotatable bonds is 5. The van der Waals surface area contributed by atoms with Gasteiger partial charge in [0, 0.05) is 19.7 Å². The number of aliphatic carboxylic acids is 1. The molecule has 0 aromatic rings. The second-order valence-electron chi connectivity index (χ2n) is 5.27. The van der Waals surface area contributed by atoms with Gasteiger partial charge in [0.1, 0.15) is 6.10 Å². The number of carbonyl (C=O) groups excluding carboxylic acids is 1. The van der Waals surface area contributed by atoms with Crippen molar-refractivity contribution in [2.24, 2.45) is 5.92 Å². The predicted octanol–water partition coefficient (Wildman–Crippen LogP) is 1.27. The summed E-state index contributed by atoms with van der Waals surface area (Å²) in [6.45, 7) is 0.670. The summed E-state index contributed by atoms with van der Waals surface area (Å²) in [5.74, 6) is -0.499. The molecule has 2 aliphatic rings. The standard InChI is InChI=1S/C13H21NO4/c1-18-12(9-5-6-9)13(17)14-7-3-2-4-10(14)8-11(15)16/h9-10,12H,2-8H2,1H3,(H,15,16). The van der Waals surface area contributed by atoms with Crippen LogP contribution in [0.5, 0.6) is 0 Å². The minimum Gasteiger partial charge on any atom is -0.481 e. The number of piperidine rings is 1. The number of likely N-dealkylation sites (tertiary alicyclic amines) is 1. The number of hydrogen-bond acceptors (Lipinski definition) is 3. The van der Waals surface area contributed by atoms with Gasteiger partial charge >= 0.3 is 5.97 Å². The number of carboxylic acid groups (broad SMARTS) is 1. The fraction of sp³-hybridized carbons (Fsp3) is 0.846. The van der Waals surface area contributed by atoms with Crippen LogP contribution >= 0.6 is 0 Å². The van der Waals surface area contributed by atoms with Gasteiger partial charge in [-0.05, 0) is 38.0 Å². The van der Waals surface area contributed by atoms with Gasteiger partial charge in [-0.15, -0.1) is 0 Å². The van der Waals surface area contributed by atoms with Crippen molar-refractivity contribution < 1.29 is 19.4 Å². The first-order valence-corrected chi connectivity index (χ1v) is 6.68. The first kappa shape index (κ1) is 13.3. The third kappa shape index (κ3) is 3.02. The Bertz CT molecular complexity index is 327. The average Bonchev–Trinajstić information content (AvgIpc) is 3.14. The minimum atomic E-state index is -0.833. The highest BCUT2D eigenvalue weighted by Gasteiger charge is 2.41. The van der Waals surface area contributed by atoms with Crippen LogP contribution < -0.4 is 0 Å². The highest BCUT2D eigenvalue weighted by atomic mass is 16.5. The lowest BCUT2D eigenvalue weighted by atomic mass is 9.98. The summed E-state index contributed by atoms with van der Waals surface area (Å²) < 4.78 is 5.30. The number of amides is 1. The van der Waals surface area contributed by atoms with E-state index in [9.17, 15) is 9.59 Å². The molecule has 2 fully saturated rings. The number of hydrogen-bond donors (Lipinski definition) is 1. The zero-order chi connectivity index (χ0) is 13.1. The molecule has 0 aromatic carbocycles. The number of nitrogens with zero attached hydrogens (tertiary/aromatic N) is 1. The van der Waals surface area contributed by atoms with E-state index in [1.165, 1.54) is 0 Å². The average molecular weight is 255 g/mol. The lowest BCUT2D eigenvalue weighted by molar-refractivity contribution is -0.149. The second kappa shape index (κ2) is 5.69. The maximum Gasteiger partial charge on any atom is 0.305 e. The van der Waals surface area contributed by atoms with Crippen molar-refractivity contribution in [2.45, 2.75) is 50.7 Å². The van der Waals surface area contributed by atoms with E-state index in [1.54, 1.807) is 12.0 Å². The molecule has 5 heteroatoms. The van der Waals surface area contributed by atoms with Crippen molar-refractivity contribution in [3.63, 3.8) is 0 Å². The Hall–Kier alpha value is -1.10. The molecule has 0 radical (unpaired) electrons. The zero-order valence-electron chi connectivity index (χ0n) is 10.8. The monoisotopic (exact) mass is 255 g/mol. The topological polar surface area (TPSA) is 66.8 Å². The smallest absolute Gasteiger partial charge is 0.305 e. The SMILES string of the molecule is COC(C(=O)N1CCCCC1CC(=O)O)C1CC1. The molecule has 18 heavy (non-hydrogen) atoms.